The van der Waals surface area contributed by atoms with Crippen LogP contribution in [0.25, 0.3) is 22.0 Å². The minimum atomic E-state index is -3.94. The van der Waals surface area contributed by atoms with Gasteiger partial charge in [-0.3, -0.25) is 23.9 Å². The van der Waals surface area contributed by atoms with Crippen LogP contribution in [0.2, 0.25) is 0 Å². The molecule has 2 amide bonds. The molecule has 356 valence electrons. The van der Waals surface area contributed by atoms with Crippen molar-refractivity contribution in [3.8, 4) is 34.4 Å². The maximum absolute atomic E-state index is 15.2. The first-order valence-corrected chi connectivity index (χ1v) is 24.4. The standard InChI is InChI=1S/C49H59F2N3O11S/c1-28-9-7-8-10-32-25-49(32,46(58)53-66(59,60)35-13-14-35)26-40(55)39-23-34(27-54(39)45(57)37(29(2)19-28)24-43(56)65-47(3,4)48(5,50)51)64-44-36-15-12-33(61-6)20-31(36)21-38(52-44)30-11-16-41-42(22-30)63-18-17-62-41/h8,10-12,15-16,20-22,28-29,32,34-35,37,39H,7,9,13-14,17-19,23-27H2,1-6H3,(H,53,58)/b10-8-/t28-,29-,32-,34?,37+,39+,49-/m1/s1. The quantitative estimate of drug-likeness (QED) is 0.147. The van der Waals surface area contributed by atoms with Gasteiger partial charge in [-0.15, -0.1) is 0 Å². The molecule has 66 heavy (non-hydrogen) atoms. The number of sulfonamides is 1. The number of carbonyl (C=O) groups excluding carboxylic acids is 4. The largest absolute Gasteiger partial charge is 0.497 e. The number of hydrogen-bond acceptors (Lipinski definition) is 12. The number of nitrogens with zero attached hydrogens (tertiary/aromatic N) is 2. The maximum Gasteiger partial charge on any atom is 0.307 e. The van der Waals surface area contributed by atoms with Crippen molar-refractivity contribution in [2.75, 3.05) is 26.9 Å². The van der Waals surface area contributed by atoms with E-state index < -0.39 is 92.1 Å². The number of Topliss-reactive ketones (excluding diaryl/α,β-unsaturated/α-hetero) is 1. The Morgan fingerprint density at radius 3 is 2.44 bits per heavy atom. The number of hydrogen-bond donors (Lipinski definition) is 1. The first kappa shape index (κ1) is 47.2. The molecule has 4 heterocycles. The minimum absolute atomic E-state index is 0.0201. The van der Waals surface area contributed by atoms with E-state index in [1.807, 2.05) is 50.3 Å². The van der Waals surface area contributed by atoms with E-state index in [2.05, 4.69) is 4.72 Å². The molecule has 1 N–H and O–H groups in total. The molecule has 1 saturated heterocycles. The van der Waals surface area contributed by atoms with Gasteiger partial charge in [0.25, 0.3) is 5.92 Å². The molecular formula is C49H59F2N3O11S. The van der Waals surface area contributed by atoms with Gasteiger partial charge in [0.15, 0.2) is 22.9 Å². The zero-order valence-corrected chi connectivity index (χ0v) is 39.1. The third kappa shape index (κ3) is 9.86. The lowest BCUT2D eigenvalue weighted by Crippen LogP contribution is -2.48. The van der Waals surface area contributed by atoms with Gasteiger partial charge < -0.3 is 28.6 Å². The van der Waals surface area contributed by atoms with Gasteiger partial charge in [-0.2, -0.15) is 0 Å². The van der Waals surface area contributed by atoms with E-state index in [0.29, 0.717) is 86.1 Å². The molecule has 17 heteroatoms. The number of carbonyl (C=O) groups is 4. The van der Waals surface area contributed by atoms with Gasteiger partial charge in [0.2, 0.25) is 27.7 Å². The lowest BCUT2D eigenvalue weighted by atomic mass is 9.82. The van der Waals surface area contributed by atoms with Crippen LogP contribution in [0.3, 0.4) is 0 Å². The molecule has 2 saturated carbocycles. The lowest BCUT2D eigenvalue weighted by Gasteiger charge is -2.34. The van der Waals surface area contributed by atoms with Crippen molar-refractivity contribution in [1.82, 2.24) is 14.6 Å². The predicted octanol–water partition coefficient (Wildman–Crippen LogP) is 7.60. The van der Waals surface area contributed by atoms with Crippen molar-refractivity contribution in [3.05, 3.63) is 54.6 Å². The Morgan fingerprint density at radius 1 is 0.985 bits per heavy atom. The van der Waals surface area contributed by atoms with E-state index in [9.17, 15) is 31.6 Å². The van der Waals surface area contributed by atoms with Crippen LogP contribution in [-0.4, -0.2) is 97.7 Å². The van der Waals surface area contributed by atoms with Crippen molar-refractivity contribution in [3.63, 3.8) is 0 Å². The summed E-state index contributed by atoms with van der Waals surface area (Å²) < 4.78 is 86.8. The molecule has 3 aliphatic heterocycles. The topological polar surface area (TPSA) is 177 Å². The Kier molecular flexibility index (Phi) is 12.9. The van der Waals surface area contributed by atoms with Crippen molar-refractivity contribution in [2.45, 2.75) is 121 Å². The number of ether oxygens (including phenoxy) is 5. The molecule has 0 spiro atoms. The molecule has 2 aliphatic carbocycles. The molecular weight excluding hydrogens is 877 g/mol. The van der Waals surface area contributed by atoms with Gasteiger partial charge in [-0.05, 0) is 118 Å². The van der Waals surface area contributed by atoms with Crippen LogP contribution >= 0.6 is 0 Å². The number of methoxy groups -OCH3 is 1. The van der Waals surface area contributed by atoms with Crippen LogP contribution in [-0.2, 0) is 33.9 Å². The number of halogens is 2. The first-order chi connectivity index (χ1) is 31.2. The number of nitrogens with one attached hydrogen (secondary N) is 1. The number of alkyl halides is 2. The second kappa shape index (κ2) is 18.1. The monoisotopic (exact) mass is 935 g/mol. The number of amides is 2. The van der Waals surface area contributed by atoms with Crippen molar-refractivity contribution >= 4 is 44.4 Å². The summed E-state index contributed by atoms with van der Waals surface area (Å²) in [6.45, 7) is 7.45. The molecule has 14 nitrogen and oxygen atoms in total. The lowest BCUT2D eigenvalue weighted by molar-refractivity contribution is -0.197. The summed E-state index contributed by atoms with van der Waals surface area (Å²) in [5.74, 6) is -6.05. The van der Waals surface area contributed by atoms with Crippen LogP contribution in [0.5, 0.6) is 23.1 Å². The maximum atomic E-state index is 15.2. The third-order valence-corrected chi connectivity index (χ3v) is 15.9. The summed E-state index contributed by atoms with van der Waals surface area (Å²) in [5.41, 5.74) is -2.29. The summed E-state index contributed by atoms with van der Waals surface area (Å²) in [6, 6.07) is 11.6. The number of rotatable bonds is 11. The average molecular weight is 936 g/mol. The molecule has 0 bridgehead atoms. The van der Waals surface area contributed by atoms with E-state index in [1.54, 1.807) is 25.3 Å². The van der Waals surface area contributed by atoms with E-state index in [4.69, 9.17) is 28.7 Å². The highest BCUT2D eigenvalue weighted by atomic mass is 32.2. The highest BCUT2D eigenvalue weighted by Gasteiger charge is 2.62. The molecule has 3 aromatic rings. The zero-order chi connectivity index (χ0) is 47.3. The smallest absolute Gasteiger partial charge is 0.307 e. The normalized spacial score (nSPS) is 27.7. The van der Waals surface area contributed by atoms with Gasteiger partial charge in [0.1, 0.15) is 25.1 Å². The van der Waals surface area contributed by atoms with Crippen molar-refractivity contribution in [1.29, 1.82) is 0 Å². The molecule has 8 rings (SSSR count). The average Bonchev–Trinajstić information content (AvgIpc) is 4.19. The Bertz CT molecular complexity index is 2540. The van der Waals surface area contributed by atoms with Gasteiger partial charge >= 0.3 is 5.97 Å². The Hall–Kier alpha value is -5.32. The molecule has 1 aromatic heterocycles. The number of benzene rings is 2. The number of esters is 1. The fourth-order valence-corrected chi connectivity index (χ4v) is 10.9. The second-order valence-corrected chi connectivity index (χ2v) is 21.5. The summed E-state index contributed by atoms with van der Waals surface area (Å²) in [6.07, 6.45) is 5.06. The summed E-state index contributed by atoms with van der Waals surface area (Å²) in [7, 11) is -2.39. The molecule has 1 unspecified atom stereocenters. The summed E-state index contributed by atoms with van der Waals surface area (Å²) in [4.78, 5) is 64.1. The second-order valence-electron chi connectivity index (χ2n) is 19.5. The van der Waals surface area contributed by atoms with Crippen LogP contribution < -0.4 is 23.7 Å². The highest BCUT2D eigenvalue weighted by Crippen LogP contribution is 2.57. The number of pyridine rings is 1. The summed E-state index contributed by atoms with van der Waals surface area (Å²) in [5, 5.41) is 0.690. The van der Waals surface area contributed by atoms with E-state index in [0.717, 1.165) is 19.2 Å². The van der Waals surface area contributed by atoms with Crippen LogP contribution in [0.4, 0.5) is 8.78 Å². The predicted molar refractivity (Wildman–Crippen MR) is 240 cm³/mol. The number of fused-ring (bicyclic) bond motifs is 4. The Morgan fingerprint density at radius 2 is 1.73 bits per heavy atom. The molecule has 2 aromatic carbocycles. The first-order valence-electron chi connectivity index (χ1n) is 22.9. The number of allylic oxidation sites excluding steroid dienone is 2. The molecule has 0 radical (unpaired) electrons. The van der Waals surface area contributed by atoms with E-state index >= 15 is 4.79 Å². The Balaban J connectivity index is 1.16. The Labute approximate surface area is 384 Å². The van der Waals surface area contributed by atoms with E-state index in [-0.39, 0.29) is 37.6 Å². The summed E-state index contributed by atoms with van der Waals surface area (Å²) >= 11 is 0. The number of aromatic nitrogens is 1. The fraction of sp³-hybridized carbons (Fsp3) is 0.571. The van der Waals surface area contributed by atoms with Crippen molar-refractivity contribution < 1.29 is 60.1 Å². The fourth-order valence-electron chi connectivity index (χ4n) is 9.51. The van der Waals surface area contributed by atoms with Crippen molar-refractivity contribution in [2.24, 2.45) is 29.1 Å². The van der Waals surface area contributed by atoms with E-state index in [1.165, 1.54) is 4.90 Å². The number of ketones is 1. The van der Waals surface area contributed by atoms with Gasteiger partial charge in [0, 0.05) is 30.7 Å². The zero-order valence-electron chi connectivity index (χ0n) is 38.3. The minimum Gasteiger partial charge on any atom is -0.497 e. The third-order valence-electron chi connectivity index (χ3n) is 14.1. The van der Waals surface area contributed by atoms with Gasteiger partial charge in [-0.25, -0.2) is 22.2 Å². The van der Waals surface area contributed by atoms with Gasteiger partial charge in [0.05, 0.1) is 48.4 Å². The van der Waals surface area contributed by atoms with Crippen LogP contribution in [0.1, 0.15) is 92.4 Å². The molecule has 3 fully saturated rings. The van der Waals surface area contributed by atoms with Crippen LogP contribution in [0, 0.1) is 29.1 Å². The highest BCUT2D eigenvalue weighted by molar-refractivity contribution is 7.90. The van der Waals surface area contributed by atoms with Crippen LogP contribution in [0.15, 0.2) is 54.6 Å². The SMILES string of the molecule is COc1ccc2c(OC3C[C@H]4C(=O)C[C@]5(C(=O)NS(=O)(=O)C6CC6)C[C@H]5/C=C\CC[C@@H](C)C[C@@H](C)[C@H](CC(=O)OC(C)(C)C(C)(F)F)C(=O)N4C3)nc(-c3ccc4c(c3)OCCO4)cc2c1. The molecule has 5 aliphatic rings. The molecule has 7 atom stereocenters. The van der Waals surface area contributed by atoms with Gasteiger partial charge in [-0.1, -0.05) is 26.0 Å².